The normalized spacial score (nSPS) is 23.0. The minimum Gasteiger partial charge on any atom is -0.496 e. The van der Waals surface area contributed by atoms with Crippen molar-refractivity contribution in [2.24, 2.45) is 0 Å². The molecule has 0 aliphatic carbocycles. The van der Waals surface area contributed by atoms with Crippen LogP contribution in [0.4, 0.5) is 0 Å². The Bertz CT molecular complexity index is 484. The number of Topliss-reactive ketones (excluding diaryl/α,β-unsaturated/α-hetero) is 1. The lowest BCUT2D eigenvalue weighted by molar-refractivity contribution is 0.101. The summed E-state index contributed by atoms with van der Waals surface area (Å²) >= 11 is 0. The summed E-state index contributed by atoms with van der Waals surface area (Å²) in [6.07, 6.45) is 3.71. The Morgan fingerprint density at radius 1 is 1.40 bits per heavy atom. The van der Waals surface area contributed by atoms with Gasteiger partial charge < -0.3 is 4.74 Å². The maximum absolute atomic E-state index is 11.6. The maximum Gasteiger partial charge on any atom is 0.159 e. The largest absolute Gasteiger partial charge is 0.496 e. The first kappa shape index (κ1) is 15.0. The average Bonchev–Trinajstić information content (AvgIpc) is 2.79. The Kier molecular flexibility index (Phi) is 4.81. The number of carbonyl (C=O) groups is 1. The Morgan fingerprint density at radius 3 is 2.75 bits per heavy atom. The average molecular weight is 275 g/mol. The molecule has 3 nitrogen and oxygen atoms in total. The zero-order valence-electron chi connectivity index (χ0n) is 13.0. The predicted molar refractivity (Wildman–Crippen MR) is 81.3 cm³/mol. The van der Waals surface area contributed by atoms with Gasteiger partial charge in [-0.3, -0.25) is 9.69 Å². The van der Waals surface area contributed by atoms with E-state index in [1.54, 1.807) is 14.0 Å². The van der Waals surface area contributed by atoms with Crippen LogP contribution < -0.4 is 4.74 Å². The standard InChI is InChI=1S/C17H25NO2/c1-5-16-8-6-12(2)18(16)11-15-10-14(13(3)19)7-9-17(15)20-4/h7,9-10,12,16H,5-6,8,11H2,1-4H3. The van der Waals surface area contributed by atoms with Crippen molar-refractivity contribution in [3.8, 4) is 5.75 Å². The van der Waals surface area contributed by atoms with Crippen molar-refractivity contribution in [1.82, 2.24) is 4.90 Å². The van der Waals surface area contributed by atoms with E-state index >= 15 is 0 Å². The van der Waals surface area contributed by atoms with Crippen molar-refractivity contribution < 1.29 is 9.53 Å². The quantitative estimate of drug-likeness (QED) is 0.768. The summed E-state index contributed by atoms with van der Waals surface area (Å²) in [5, 5.41) is 0. The second-order valence-corrected chi connectivity index (χ2v) is 5.74. The number of hydrogen-bond donors (Lipinski definition) is 0. The Labute approximate surface area is 121 Å². The van der Waals surface area contributed by atoms with Crippen LogP contribution in [0.15, 0.2) is 18.2 Å². The third kappa shape index (κ3) is 3.04. The SMILES string of the molecule is CCC1CCC(C)N1Cc1cc(C(C)=O)ccc1OC. The van der Waals surface area contributed by atoms with E-state index in [1.165, 1.54) is 19.3 Å². The highest BCUT2D eigenvalue weighted by Crippen LogP contribution is 2.30. The van der Waals surface area contributed by atoms with Gasteiger partial charge in [0.15, 0.2) is 5.78 Å². The first-order valence-electron chi connectivity index (χ1n) is 7.50. The highest BCUT2D eigenvalue weighted by molar-refractivity contribution is 5.94. The van der Waals surface area contributed by atoms with Crippen LogP contribution in [0.1, 0.15) is 56.0 Å². The molecule has 0 N–H and O–H groups in total. The van der Waals surface area contributed by atoms with Gasteiger partial charge in [-0.2, -0.15) is 0 Å². The van der Waals surface area contributed by atoms with E-state index in [2.05, 4.69) is 18.7 Å². The van der Waals surface area contributed by atoms with Crippen molar-refractivity contribution in [2.45, 2.75) is 58.7 Å². The van der Waals surface area contributed by atoms with Crippen LogP contribution in [0.2, 0.25) is 0 Å². The van der Waals surface area contributed by atoms with E-state index in [-0.39, 0.29) is 5.78 Å². The summed E-state index contributed by atoms with van der Waals surface area (Å²) in [6, 6.07) is 6.99. The third-order valence-electron chi connectivity index (χ3n) is 4.46. The smallest absolute Gasteiger partial charge is 0.159 e. The van der Waals surface area contributed by atoms with Gasteiger partial charge in [0, 0.05) is 29.8 Å². The monoisotopic (exact) mass is 275 g/mol. The number of ether oxygens (including phenoxy) is 1. The molecule has 0 radical (unpaired) electrons. The minimum absolute atomic E-state index is 0.107. The van der Waals surface area contributed by atoms with Gasteiger partial charge in [0.1, 0.15) is 5.75 Å². The van der Waals surface area contributed by atoms with Crippen molar-refractivity contribution in [3.63, 3.8) is 0 Å². The molecule has 1 heterocycles. The molecular weight excluding hydrogens is 250 g/mol. The summed E-state index contributed by atoms with van der Waals surface area (Å²) < 4.78 is 5.46. The number of rotatable bonds is 5. The van der Waals surface area contributed by atoms with E-state index < -0.39 is 0 Å². The van der Waals surface area contributed by atoms with Crippen LogP contribution in [-0.2, 0) is 6.54 Å². The van der Waals surface area contributed by atoms with Crippen molar-refractivity contribution in [2.75, 3.05) is 7.11 Å². The Hall–Kier alpha value is -1.35. The van der Waals surface area contributed by atoms with Crippen molar-refractivity contribution in [3.05, 3.63) is 29.3 Å². The summed E-state index contributed by atoms with van der Waals surface area (Å²) in [7, 11) is 1.69. The molecule has 2 unspecified atom stereocenters. The lowest BCUT2D eigenvalue weighted by Crippen LogP contribution is -2.33. The fraction of sp³-hybridized carbons (Fsp3) is 0.588. The molecule has 1 saturated heterocycles. The lowest BCUT2D eigenvalue weighted by atomic mass is 10.1. The molecule has 0 saturated carbocycles. The molecule has 0 spiro atoms. The molecule has 2 atom stereocenters. The topological polar surface area (TPSA) is 29.5 Å². The fourth-order valence-corrected chi connectivity index (χ4v) is 3.17. The van der Waals surface area contributed by atoms with Crippen LogP contribution >= 0.6 is 0 Å². The van der Waals surface area contributed by atoms with Gasteiger partial charge in [0.05, 0.1) is 7.11 Å². The van der Waals surface area contributed by atoms with Crippen molar-refractivity contribution in [1.29, 1.82) is 0 Å². The van der Waals surface area contributed by atoms with E-state index in [0.29, 0.717) is 12.1 Å². The van der Waals surface area contributed by atoms with E-state index in [0.717, 1.165) is 23.4 Å². The molecule has 1 fully saturated rings. The molecule has 0 aromatic heterocycles. The van der Waals surface area contributed by atoms with Gasteiger partial charge in [0.25, 0.3) is 0 Å². The number of likely N-dealkylation sites (tertiary alicyclic amines) is 1. The minimum atomic E-state index is 0.107. The number of benzene rings is 1. The summed E-state index contributed by atoms with van der Waals surface area (Å²) in [5.41, 5.74) is 1.88. The second-order valence-electron chi connectivity index (χ2n) is 5.74. The van der Waals surface area contributed by atoms with Gasteiger partial charge in [-0.1, -0.05) is 6.92 Å². The molecule has 3 heteroatoms. The first-order chi connectivity index (χ1) is 9.56. The zero-order valence-corrected chi connectivity index (χ0v) is 13.0. The van der Waals surface area contributed by atoms with Gasteiger partial charge in [0.2, 0.25) is 0 Å². The second kappa shape index (κ2) is 6.40. The van der Waals surface area contributed by atoms with Gasteiger partial charge >= 0.3 is 0 Å². The highest BCUT2D eigenvalue weighted by atomic mass is 16.5. The molecule has 20 heavy (non-hydrogen) atoms. The maximum atomic E-state index is 11.6. The molecule has 1 aliphatic heterocycles. The van der Waals surface area contributed by atoms with Crippen LogP contribution in [0, 0.1) is 0 Å². The summed E-state index contributed by atoms with van der Waals surface area (Å²) in [4.78, 5) is 14.1. The number of nitrogens with zero attached hydrogens (tertiary/aromatic N) is 1. The number of ketones is 1. The fourth-order valence-electron chi connectivity index (χ4n) is 3.17. The molecule has 0 bridgehead atoms. The molecule has 0 amide bonds. The van der Waals surface area contributed by atoms with E-state index in [9.17, 15) is 4.79 Å². The Balaban J connectivity index is 2.26. The third-order valence-corrected chi connectivity index (χ3v) is 4.46. The molecule has 110 valence electrons. The highest BCUT2D eigenvalue weighted by Gasteiger charge is 2.29. The van der Waals surface area contributed by atoms with Crippen molar-refractivity contribution >= 4 is 5.78 Å². The lowest BCUT2D eigenvalue weighted by Gasteiger charge is -2.28. The van der Waals surface area contributed by atoms with E-state index in [4.69, 9.17) is 4.74 Å². The first-order valence-corrected chi connectivity index (χ1v) is 7.50. The van der Waals surface area contributed by atoms with Gasteiger partial charge in [-0.25, -0.2) is 0 Å². The number of methoxy groups -OCH3 is 1. The van der Waals surface area contributed by atoms with Crippen LogP contribution in [0.3, 0.4) is 0 Å². The molecule has 1 aromatic rings. The molecule has 2 rings (SSSR count). The van der Waals surface area contributed by atoms with Gasteiger partial charge in [-0.05, 0) is 51.3 Å². The van der Waals surface area contributed by atoms with Crippen LogP contribution in [0.25, 0.3) is 0 Å². The van der Waals surface area contributed by atoms with E-state index in [1.807, 2.05) is 18.2 Å². The molecular formula is C17H25NO2. The van der Waals surface area contributed by atoms with Crippen LogP contribution in [0.5, 0.6) is 5.75 Å². The Morgan fingerprint density at radius 2 is 2.15 bits per heavy atom. The van der Waals surface area contributed by atoms with Gasteiger partial charge in [-0.15, -0.1) is 0 Å². The molecule has 1 aromatic carbocycles. The van der Waals surface area contributed by atoms with Crippen LogP contribution in [-0.4, -0.2) is 29.9 Å². The zero-order chi connectivity index (χ0) is 14.7. The predicted octanol–water partition coefficient (Wildman–Crippen LogP) is 3.66. The number of hydrogen-bond acceptors (Lipinski definition) is 3. The molecule has 1 aliphatic rings. The summed E-state index contributed by atoms with van der Waals surface area (Å²) in [5.74, 6) is 0.986. The number of carbonyl (C=O) groups excluding carboxylic acids is 1. The summed E-state index contributed by atoms with van der Waals surface area (Å²) in [6.45, 7) is 7.01.